The summed E-state index contributed by atoms with van der Waals surface area (Å²) in [5.74, 6) is 0. The zero-order valence-electron chi connectivity index (χ0n) is 12.9. The van der Waals surface area contributed by atoms with Crippen LogP contribution in [0.4, 0.5) is 0 Å². The number of hydrogen-bond donors (Lipinski definition) is 1. The third-order valence-electron chi connectivity index (χ3n) is 2.22. The molecule has 6 nitrogen and oxygen atoms in total. The van der Waals surface area contributed by atoms with Gasteiger partial charge in [-0.3, -0.25) is 0 Å². The summed E-state index contributed by atoms with van der Waals surface area (Å²) < 4.78 is 24.1. The van der Waals surface area contributed by atoms with Gasteiger partial charge in [-0.05, 0) is 12.8 Å². The van der Waals surface area contributed by atoms with Crippen molar-refractivity contribution in [2.75, 3.05) is 34.5 Å². The van der Waals surface area contributed by atoms with E-state index >= 15 is 0 Å². The Labute approximate surface area is 125 Å². The first-order valence-electron chi connectivity index (χ1n) is 6.63. The summed E-state index contributed by atoms with van der Waals surface area (Å²) in [6.07, 6.45) is 4.76. The largest absolute Gasteiger partial charge is 0.676 e. The molecule has 0 atom stereocenters. The molecule has 0 fully saturated rings. The van der Waals surface area contributed by atoms with E-state index in [1.807, 2.05) is 0 Å². The zero-order chi connectivity index (χ0) is 15.0. The monoisotopic (exact) mass is 312 g/mol. The molecule has 0 aromatic rings. The first kappa shape index (κ1) is 21.8. The van der Waals surface area contributed by atoms with Crippen molar-refractivity contribution in [3.63, 3.8) is 0 Å². The highest BCUT2D eigenvalue weighted by Gasteiger charge is 2.36. The SMILES string of the molecule is CCCC[O][AlH][O]CCCC.CO[Si](O)(OC)OC. The second-order valence-electron chi connectivity index (χ2n) is 3.78. The maximum Gasteiger partial charge on any atom is 0.676 e. The van der Waals surface area contributed by atoms with Crippen LogP contribution >= 0.6 is 0 Å². The van der Waals surface area contributed by atoms with Crippen molar-refractivity contribution in [3.05, 3.63) is 0 Å². The molecule has 0 saturated carbocycles. The Balaban J connectivity index is 0. The fraction of sp³-hybridized carbons (Fsp3) is 1.00. The molecule has 116 valence electrons. The fourth-order valence-electron chi connectivity index (χ4n) is 0.920. The van der Waals surface area contributed by atoms with Crippen molar-refractivity contribution >= 4 is 24.9 Å². The van der Waals surface area contributed by atoms with E-state index < -0.39 is 24.9 Å². The summed E-state index contributed by atoms with van der Waals surface area (Å²) in [6, 6.07) is 0. The molecule has 0 saturated heterocycles. The van der Waals surface area contributed by atoms with Crippen molar-refractivity contribution in [3.8, 4) is 0 Å². The maximum absolute atomic E-state index is 8.91. The van der Waals surface area contributed by atoms with Gasteiger partial charge in [-0.1, -0.05) is 26.7 Å². The molecule has 1 N–H and O–H groups in total. The van der Waals surface area contributed by atoms with Gasteiger partial charge in [0.05, 0.1) is 0 Å². The minimum absolute atomic E-state index is 0.629. The Hall–Kier alpha value is 0.509. The summed E-state index contributed by atoms with van der Waals surface area (Å²) in [5, 5.41) is 0. The summed E-state index contributed by atoms with van der Waals surface area (Å²) >= 11 is -0.629. The number of hydrogen-bond acceptors (Lipinski definition) is 6. The van der Waals surface area contributed by atoms with Gasteiger partial charge in [0, 0.05) is 34.5 Å². The van der Waals surface area contributed by atoms with Gasteiger partial charge in [-0.25, -0.2) is 0 Å². The highest BCUT2D eigenvalue weighted by molar-refractivity contribution is 6.51. The van der Waals surface area contributed by atoms with Crippen molar-refractivity contribution < 1.29 is 25.7 Å². The fourth-order valence-corrected chi connectivity index (χ4v) is 2.18. The quantitative estimate of drug-likeness (QED) is 0.457. The van der Waals surface area contributed by atoms with Crippen molar-refractivity contribution in [2.24, 2.45) is 0 Å². The lowest BCUT2D eigenvalue weighted by Gasteiger charge is -2.14. The van der Waals surface area contributed by atoms with Gasteiger partial charge in [0.15, 0.2) is 0 Å². The van der Waals surface area contributed by atoms with E-state index in [9.17, 15) is 0 Å². The Morgan fingerprint density at radius 2 is 1.21 bits per heavy atom. The summed E-state index contributed by atoms with van der Waals surface area (Å²) in [6.45, 7) is 6.13. The van der Waals surface area contributed by atoms with Gasteiger partial charge in [-0.15, -0.1) is 0 Å². The van der Waals surface area contributed by atoms with E-state index in [4.69, 9.17) is 12.4 Å². The number of unbranched alkanes of at least 4 members (excludes halogenated alkanes) is 2. The second kappa shape index (κ2) is 16.6. The van der Waals surface area contributed by atoms with Crippen LogP contribution in [-0.2, 0) is 20.9 Å². The molecule has 0 aliphatic carbocycles. The van der Waals surface area contributed by atoms with Crippen molar-refractivity contribution in [2.45, 2.75) is 39.5 Å². The third kappa shape index (κ3) is 16.5. The van der Waals surface area contributed by atoms with E-state index in [0.29, 0.717) is 0 Å². The highest BCUT2D eigenvalue weighted by Crippen LogP contribution is 1.97. The van der Waals surface area contributed by atoms with Crippen LogP contribution in [0, 0.1) is 0 Å². The van der Waals surface area contributed by atoms with Crippen molar-refractivity contribution in [1.82, 2.24) is 0 Å². The average molecular weight is 312 g/mol. The summed E-state index contributed by atoms with van der Waals surface area (Å²) in [5.41, 5.74) is 0. The predicted molar refractivity (Wildman–Crippen MR) is 77.9 cm³/mol. The molecule has 0 heterocycles. The topological polar surface area (TPSA) is 66.4 Å². The van der Waals surface area contributed by atoms with Gasteiger partial charge < -0.3 is 25.7 Å². The average Bonchev–Trinajstić information content (AvgIpc) is 2.46. The molecule has 0 aliphatic rings. The van der Waals surface area contributed by atoms with Crippen LogP contribution in [0.2, 0.25) is 0 Å². The smallest absolute Gasteiger partial charge is 0.481 e. The van der Waals surface area contributed by atoms with Gasteiger partial charge in [-0.2, -0.15) is 0 Å². The van der Waals surface area contributed by atoms with Crippen LogP contribution in [0.3, 0.4) is 0 Å². The summed E-state index contributed by atoms with van der Waals surface area (Å²) in [4.78, 5) is 8.91. The lowest BCUT2D eigenvalue weighted by Crippen LogP contribution is -2.42. The molecule has 0 spiro atoms. The molecule has 0 rings (SSSR count). The van der Waals surface area contributed by atoms with Crippen LogP contribution in [0.1, 0.15) is 39.5 Å². The van der Waals surface area contributed by atoms with Gasteiger partial charge in [0.1, 0.15) is 0 Å². The second-order valence-corrected chi connectivity index (χ2v) is 7.10. The standard InChI is InChI=1S/2C4H9O.C3H10O4Si.Al.H/c2*1-2-3-4-5;1-5-8(4,6-2)7-3;;/h2*2-4H2,1H3;4H,1-3H3;;/q2*-1;;+2;. The Bertz CT molecular complexity index is 155. The van der Waals surface area contributed by atoms with Crippen molar-refractivity contribution in [1.29, 1.82) is 0 Å². The number of rotatable bonds is 11. The zero-order valence-corrected chi connectivity index (χ0v) is 15.4. The minimum atomic E-state index is -3.17. The first-order chi connectivity index (χ1) is 9.10. The van der Waals surface area contributed by atoms with Gasteiger partial charge in [0.2, 0.25) is 0 Å². The lowest BCUT2D eigenvalue weighted by molar-refractivity contribution is 0.0418. The highest BCUT2D eigenvalue weighted by atomic mass is 28.4. The van der Waals surface area contributed by atoms with Gasteiger partial charge in [0.25, 0.3) is 0 Å². The van der Waals surface area contributed by atoms with Crippen LogP contribution in [0.25, 0.3) is 0 Å². The summed E-state index contributed by atoms with van der Waals surface area (Å²) in [7, 11) is 0.826. The molecule has 0 aromatic carbocycles. The van der Waals surface area contributed by atoms with E-state index in [0.717, 1.165) is 13.2 Å². The van der Waals surface area contributed by atoms with Crippen LogP contribution in [-0.4, -0.2) is 64.3 Å². The van der Waals surface area contributed by atoms with E-state index in [-0.39, 0.29) is 0 Å². The third-order valence-corrected chi connectivity index (χ3v) is 4.68. The first-order valence-corrected chi connectivity index (χ1v) is 9.46. The molecular formula is C11H29AlO6Si. The Morgan fingerprint density at radius 3 is 1.42 bits per heavy atom. The molecule has 0 amide bonds. The molecule has 0 aromatic heterocycles. The molecule has 8 heteroatoms. The molecule has 0 unspecified atom stereocenters. The molecule has 0 bridgehead atoms. The molecule has 0 radical (unpaired) electrons. The Morgan fingerprint density at radius 1 is 0.842 bits per heavy atom. The Kier molecular flexibility index (Phi) is 19.0. The van der Waals surface area contributed by atoms with E-state index in [1.54, 1.807) is 0 Å². The minimum Gasteiger partial charge on any atom is -0.481 e. The molecule has 19 heavy (non-hydrogen) atoms. The molecule has 0 aliphatic heterocycles. The maximum atomic E-state index is 8.91. The van der Waals surface area contributed by atoms with Crippen LogP contribution < -0.4 is 0 Å². The van der Waals surface area contributed by atoms with Crippen LogP contribution in [0.5, 0.6) is 0 Å². The predicted octanol–water partition coefficient (Wildman–Crippen LogP) is 1.24. The normalized spacial score (nSPS) is 10.8. The van der Waals surface area contributed by atoms with E-state index in [2.05, 4.69) is 27.1 Å². The molecular weight excluding hydrogens is 283 g/mol. The van der Waals surface area contributed by atoms with E-state index in [1.165, 1.54) is 47.0 Å². The lowest BCUT2D eigenvalue weighted by atomic mass is 10.4. The van der Waals surface area contributed by atoms with Crippen LogP contribution in [0.15, 0.2) is 0 Å². The van der Waals surface area contributed by atoms with Gasteiger partial charge >= 0.3 is 24.9 Å².